The number of aromatic nitrogens is 2. The monoisotopic (exact) mass is 322 g/mol. The molecule has 6 nitrogen and oxygen atoms in total. The van der Waals surface area contributed by atoms with E-state index in [9.17, 15) is 10.1 Å². The van der Waals surface area contributed by atoms with Crippen LogP contribution in [-0.4, -0.2) is 32.6 Å². The first-order chi connectivity index (χ1) is 10.2. The van der Waals surface area contributed by atoms with Crippen LogP contribution >= 0.6 is 23.1 Å². The molecule has 0 bridgehead atoms. The van der Waals surface area contributed by atoms with Gasteiger partial charge in [0.2, 0.25) is 0 Å². The van der Waals surface area contributed by atoms with Gasteiger partial charge in [-0.2, -0.15) is 0 Å². The van der Waals surface area contributed by atoms with Gasteiger partial charge in [0.1, 0.15) is 0 Å². The van der Waals surface area contributed by atoms with E-state index < -0.39 is 0 Å². The van der Waals surface area contributed by atoms with Gasteiger partial charge in [0.25, 0.3) is 0 Å². The Kier molecular flexibility index (Phi) is 4.18. The zero-order valence-electron chi connectivity index (χ0n) is 11.5. The molecule has 0 spiro atoms. The van der Waals surface area contributed by atoms with Gasteiger partial charge in [-0.1, -0.05) is 23.1 Å². The summed E-state index contributed by atoms with van der Waals surface area (Å²) in [6.07, 6.45) is 4.77. The first-order valence-corrected chi connectivity index (χ1v) is 8.54. The van der Waals surface area contributed by atoms with Crippen molar-refractivity contribution in [2.45, 2.75) is 24.7 Å². The van der Waals surface area contributed by atoms with Gasteiger partial charge >= 0.3 is 5.00 Å². The van der Waals surface area contributed by atoms with E-state index in [2.05, 4.69) is 14.9 Å². The summed E-state index contributed by atoms with van der Waals surface area (Å²) in [7, 11) is 0. The smallest absolute Gasteiger partial charge is 0.293 e. The normalized spacial score (nSPS) is 14.9. The Morgan fingerprint density at radius 1 is 1.52 bits per heavy atom. The van der Waals surface area contributed by atoms with Gasteiger partial charge < -0.3 is 0 Å². The summed E-state index contributed by atoms with van der Waals surface area (Å²) >= 11 is 2.80. The van der Waals surface area contributed by atoms with Crippen LogP contribution in [0.3, 0.4) is 0 Å². The average molecular weight is 322 g/mol. The Morgan fingerprint density at radius 3 is 3.10 bits per heavy atom. The number of thioether (sulfide) groups is 1. The van der Waals surface area contributed by atoms with E-state index in [1.165, 1.54) is 11.3 Å². The van der Waals surface area contributed by atoms with Crippen LogP contribution in [0.4, 0.5) is 5.00 Å². The van der Waals surface area contributed by atoms with Crippen molar-refractivity contribution in [3.8, 4) is 0 Å². The van der Waals surface area contributed by atoms with Gasteiger partial charge in [0.05, 0.1) is 10.6 Å². The predicted molar refractivity (Wildman–Crippen MR) is 82.6 cm³/mol. The maximum Gasteiger partial charge on any atom is 0.324 e. The van der Waals surface area contributed by atoms with E-state index in [1.54, 1.807) is 17.8 Å². The molecular formula is C13H14N4O2S2. The number of thiophene rings is 1. The van der Waals surface area contributed by atoms with E-state index >= 15 is 0 Å². The first-order valence-electron chi connectivity index (χ1n) is 6.50. The van der Waals surface area contributed by atoms with E-state index in [0.717, 1.165) is 47.3 Å². The van der Waals surface area contributed by atoms with Crippen LogP contribution in [0.15, 0.2) is 23.5 Å². The standard InChI is InChI=1S/C13H14N4O2S2/c1-20-13-14-6-9-7-16(5-4-11(9)15-13)8-10-2-3-12(21-10)17(18)19/h2-3,6H,4-5,7-8H2,1H3. The molecule has 0 radical (unpaired) electrons. The van der Waals surface area contributed by atoms with E-state index in [0.29, 0.717) is 0 Å². The second-order valence-corrected chi connectivity index (χ2v) is 6.71. The fourth-order valence-electron chi connectivity index (χ4n) is 2.36. The number of hydrogen-bond acceptors (Lipinski definition) is 7. The number of rotatable bonds is 4. The molecule has 0 N–H and O–H groups in total. The quantitative estimate of drug-likeness (QED) is 0.373. The van der Waals surface area contributed by atoms with E-state index in [1.807, 2.05) is 18.5 Å². The van der Waals surface area contributed by atoms with Crippen LogP contribution in [-0.2, 0) is 19.5 Å². The maximum atomic E-state index is 10.7. The fraction of sp³-hybridized carbons (Fsp3) is 0.385. The highest BCUT2D eigenvalue weighted by molar-refractivity contribution is 7.98. The molecule has 0 saturated carbocycles. The Hall–Kier alpha value is -1.51. The van der Waals surface area contributed by atoms with E-state index in [-0.39, 0.29) is 9.92 Å². The molecule has 0 amide bonds. The topological polar surface area (TPSA) is 72.2 Å². The Balaban J connectivity index is 1.69. The zero-order chi connectivity index (χ0) is 14.8. The lowest BCUT2D eigenvalue weighted by molar-refractivity contribution is -0.380. The van der Waals surface area contributed by atoms with Crippen molar-refractivity contribution in [1.29, 1.82) is 0 Å². The second kappa shape index (κ2) is 6.08. The summed E-state index contributed by atoms with van der Waals surface area (Å²) in [5, 5.41) is 11.7. The number of nitrogens with zero attached hydrogens (tertiary/aromatic N) is 4. The highest BCUT2D eigenvalue weighted by atomic mass is 32.2. The van der Waals surface area contributed by atoms with Crippen molar-refractivity contribution in [2.24, 2.45) is 0 Å². The van der Waals surface area contributed by atoms with E-state index in [4.69, 9.17) is 0 Å². The fourth-order valence-corrected chi connectivity index (χ4v) is 3.58. The molecule has 0 atom stereocenters. The molecule has 1 aliphatic rings. The molecule has 3 rings (SSSR count). The van der Waals surface area contributed by atoms with Crippen LogP contribution < -0.4 is 0 Å². The predicted octanol–water partition coefficient (Wildman–Crippen LogP) is 2.73. The van der Waals surface area contributed by atoms with Crippen LogP contribution in [0.25, 0.3) is 0 Å². The summed E-state index contributed by atoms with van der Waals surface area (Å²) in [4.78, 5) is 22.5. The van der Waals surface area contributed by atoms with Gasteiger partial charge in [-0.25, -0.2) is 9.97 Å². The minimum Gasteiger partial charge on any atom is -0.293 e. The summed E-state index contributed by atoms with van der Waals surface area (Å²) in [6.45, 7) is 2.46. The minimum atomic E-state index is -0.336. The Labute approximate surface area is 130 Å². The van der Waals surface area contributed by atoms with Crippen molar-refractivity contribution in [3.63, 3.8) is 0 Å². The molecular weight excluding hydrogens is 308 g/mol. The molecule has 1 aliphatic heterocycles. The molecule has 2 aromatic rings. The lowest BCUT2D eigenvalue weighted by Crippen LogP contribution is -2.30. The number of hydrogen-bond donors (Lipinski definition) is 0. The third kappa shape index (κ3) is 3.22. The van der Waals surface area contributed by atoms with Crippen molar-refractivity contribution >= 4 is 28.1 Å². The van der Waals surface area contributed by atoms with Crippen molar-refractivity contribution in [1.82, 2.24) is 14.9 Å². The molecule has 0 fully saturated rings. The third-order valence-corrected chi connectivity index (χ3v) is 4.96. The summed E-state index contributed by atoms with van der Waals surface area (Å²) in [5.74, 6) is 0. The van der Waals surface area contributed by atoms with Crippen LogP contribution in [0.5, 0.6) is 0 Å². The number of fused-ring (bicyclic) bond motifs is 1. The molecule has 21 heavy (non-hydrogen) atoms. The minimum absolute atomic E-state index is 0.204. The molecule has 3 heterocycles. The van der Waals surface area contributed by atoms with Crippen molar-refractivity contribution in [2.75, 3.05) is 12.8 Å². The number of nitro groups is 1. The first kappa shape index (κ1) is 14.4. The lowest BCUT2D eigenvalue weighted by atomic mass is 10.1. The van der Waals surface area contributed by atoms with Gasteiger partial charge in [-0.3, -0.25) is 15.0 Å². The Bertz CT molecular complexity index is 674. The van der Waals surface area contributed by atoms with Gasteiger partial charge in [0, 0.05) is 48.8 Å². The second-order valence-electron chi connectivity index (χ2n) is 4.79. The maximum absolute atomic E-state index is 10.7. The molecule has 8 heteroatoms. The third-order valence-electron chi connectivity index (χ3n) is 3.38. The van der Waals surface area contributed by atoms with Crippen LogP contribution in [0.2, 0.25) is 0 Å². The zero-order valence-corrected chi connectivity index (χ0v) is 13.1. The SMILES string of the molecule is CSc1ncc2c(n1)CCN(Cc1ccc([N+](=O)[O-])s1)C2. The summed E-state index contributed by atoms with van der Waals surface area (Å²) < 4.78 is 0. The van der Waals surface area contributed by atoms with Gasteiger partial charge in [-0.15, -0.1) is 0 Å². The average Bonchev–Trinajstić information content (AvgIpc) is 2.95. The molecule has 110 valence electrons. The Morgan fingerprint density at radius 2 is 2.38 bits per heavy atom. The molecule has 0 unspecified atom stereocenters. The lowest BCUT2D eigenvalue weighted by Gasteiger charge is -2.27. The van der Waals surface area contributed by atoms with Crippen molar-refractivity contribution in [3.05, 3.63) is 44.6 Å². The van der Waals surface area contributed by atoms with Gasteiger partial charge in [-0.05, 0) is 12.3 Å². The summed E-state index contributed by atoms with van der Waals surface area (Å²) in [5.41, 5.74) is 2.29. The largest absolute Gasteiger partial charge is 0.324 e. The molecule has 0 aliphatic carbocycles. The van der Waals surface area contributed by atoms with Crippen LogP contribution in [0.1, 0.15) is 16.1 Å². The highest BCUT2D eigenvalue weighted by Gasteiger charge is 2.20. The van der Waals surface area contributed by atoms with Gasteiger partial charge in [0.15, 0.2) is 5.16 Å². The highest BCUT2D eigenvalue weighted by Crippen LogP contribution is 2.27. The summed E-state index contributed by atoms with van der Waals surface area (Å²) in [6, 6.07) is 3.41. The molecule has 0 saturated heterocycles. The van der Waals surface area contributed by atoms with Crippen molar-refractivity contribution < 1.29 is 4.92 Å². The molecule has 2 aromatic heterocycles. The van der Waals surface area contributed by atoms with Crippen LogP contribution in [0, 0.1) is 10.1 Å². The molecule has 0 aromatic carbocycles.